The molecule has 0 amide bonds. The van der Waals surface area contributed by atoms with Crippen molar-refractivity contribution in [3.63, 3.8) is 0 Å². The SMILES string of the molecule is CCOC(=O)C(N)Cc1c(C)[nH]c2cc(C)cc(C)c12. The molecule has 0 fully saturated rings. The molecule has 0 saturated carbocycles. The predicted molar refractivity (Wildman–Crippen MR) is 80.8 cm³/mol. The van der Waals surface area contributed by atoms with Gasteiger partial charge < -0.3 is 15.5 Å². The molecule has 3 N–H and O–H groups in total. The van der Waals surface area contributed by atoms with E-state index in [1.165, 1.54) is 16.5 Å². The highest BCUT2D eigenvalue weighted by Gasteiger charge is 2.19. The highest BCUT2D eigenvalue weighted by Crippen LogP contribution is 2.27. The van der Waals surface area contributed by atoms with E-state index >= 15 is 0 Å². The summed E-state index contributed by atoms with van der Waals surface area (Å²) in [4.78, 5) is 15.1. The maximum atomic E-state index is 11.7. The van der Waals surface area contributed by atoms with E-state index in [4.69, 9.17) is 10.5 Å². The Morgan fingerprint density at radius 2 is 2.05 bits per heavy atom. The number of aryl methyl sites for hydroxylation is 3. The summed E-state index contributed by atoms with van der Waals surface area (Å²) in [5.41, 5.74) is 11.6. The van der Waals surface area contributed by atoms with Gasteiger partial charge in [0.2, 0.25) is 0 Å². The Bertz CT molecular complexity index is 643. The lowest BCUT2D eigenvalue weighted by molar-refractivity contribution is -0.144. The van der Waals surface area contributed by atoms with E-state index < -0.39 is 6.04 Å². The second kappa shape index (κ2) is 5.67. The summed E-state index contributed by atoms with van der Waals surface area (Å²) in [7, 11) is 0. The van der Waals surface area contributed by atoms with E-state index in [0.717, 1.165) is 16.8 Å². The first-order chi connectivity index (χ1) is 9.43. The van der Waals surface area contributed by atoms with Crippen LogP contribution in [-0.4, -0.2) is 23.6 Å². The summed E-state index contributed by atoms with van der Waals surface area (Å²) in [5, 5.41) is 1.17. The molecule has 0 saturated heterocycles. The van der Waals surface area contributed by atoms with Gasteiger partial charge >= 0.3 is 5.97 Å². The molecule has 0 spiro atoms. The first kappa shape index (κ1) is 14.6. The Labute approximate surface area is 119 Å². The van der Waals surface area contributed by atoms with E-state index in [-0.39, 0.29) is 5.97 Å². The molecule has 0 aliphatic carbocycles. The van der Waals surface area contributed by atoms with Crippen molar-refractivity contribution in [1.29, 1.82) is 0 Å². The van der Waals surface area contributed by atoms with Crippen LogP contribution in [0.2, 0.25) is 0 Å². The number of nitrogens with one attached hydrogen (secondary N) is 1. The van der Waals surface area contributed by atoms with Crippen LogP contribution >= 0.6 is 0 Å². The topological polar surface area (TPSA) is 68.1 Å². The summed E-state index contributed by atoms with van der Waals surface area (Å²) in [5.74, 6) is -0.342. The maximum absolute atomic E-state index is 11.7. The Balaban J connectivity index is 2.39. The number of hydrogen-bond acceptors (Lipinski definition) is 3. The van der Waals surface area contributed by atoms with Gasteiger partial charge in [-0.1, -0.05) is 6.07 Å². The number of carbonyl (C=O) groups excluding carboxylic acids is 1. The van der Waals surface area contributed by atoms with Crippen molar-refractivity contribution >= 4 is 16.9 Å². The van der Waals surface area contributed by atoms with Gasteiger partial charge in [-0.3, -0.25) is 4.79 Å². The lowest BCUT2D eigenvalue weighted by Gasteiger charge is -2.11. The largest absolute Gasteiger partial charge is 0.465 e. The summed E-state index contributed by atoms with van der Waals surface area (Å²) in [6.07, 6.45) is 0.495. The van der Waals surface area contributed by atoms with Crippen LogP contribution < -0.4 is 5.73 Å². The average Bonchev–Trinajstić information content (AvgIpc) is 2.65. The highest BCUT2D eigenvalue weighted by molar-refractivity contribution is 5.89. The minimum Gasteiger partial charge on any atom is -0.465 e. The Morgan fingerprint density at radius 3 is 2.70 bits per heavy atom. The number of H-pyrrole nitrogens is 1. The zero-order valence-corrected chi connectivity index (χ0v) is 12.5. The van der Waals surface area contributed by atoms with Crippen molar-refractivity contribution in [3.05, 3.63) is 34.5 Å². The van der Waals surface area contributed by atoms with Crippen molar-refractivity contribution in [2.45, 2.75) is 40.2 Å². The molecule has 0 aliphatic heterocycles. The van der Waals surface area contributed by atoms with Crippen LogP contribution in [0, 0.1) is 20.8 Å². The third-order valence-electron chi connectivity index (χ3n) is 3.57. The van der Waals surface area contributed by atoms with E-state index in [2.05, 4.69) is 31.0 Å². The molecule has 1 aromatic carbocycles. The minimum absolute atomic E-state index is 0.342. The van der Waals surface area contributed by atoms with Crippen molar-refractivity contribution in [2.75, 3.05) is 6.61 Å². The summed E-state index contributed by atoms with van der Waals surface area (Å²) in [6, 6.07) is 3.65. The van der Waals surface area contributed by atoms with Crippen molar-refractivity contribution in [1.82, 2.24) is 4.98 Å². The van der Waals surface area contributed by atoms with Crippen molar-refractivity contribution in [2.24, 2.45) is 5.73 Å². The first-order valence-electron chi connectivity index (χ1n) is 6.94. The number of rotatable bonds is 4. The van der Waals surface area contributed by atoms with Crippen LogP contribution in [0.25, 0.3) is 10.9 Å². The molecule has 2 rings (SSSR count). The Hall–Kier alpha value is -1.81. The molecule has 0 aliphatic rings. The molecule has 4 heteroatoms. The molecule has 0 bridgehead atoms. The molecule has 1 heterocycles. The van der Waals surface area contributed by atoms with Gasteiger partial charge in [-0.2, -0.15) is 0 Å². The molecule has 20 heavy (non-hydrogen) atoms. The van der Waals surface area contributed by atoms with Gasteiger partial charge in [0.15, 0.2) is 0 Å². The second-order valence-corrected chi connectivity index (χ2v) is 5.30. The zero-order chi connectivity index (χ0) is 14.9. The van der Waals surface area contributed by atoms with Crippen molar-refractivity contribution < 1.29 is 9.53 Å². The number of benzene rings is 1. The minimum atomic E-state index is -0.617. The monoisotopic (exact) mass is 274 g/mol. The molecule has 0 radical (unpaired) electrons. The fraction of sp³-hybridized carbons (Fsp3) is 0.438. The Kier molecular flexibility index (Phi) is 4.14. The van der Waals surface area contributed by atoms with Gasteiger partial charge in [0.1, 0.15) is 6.04 Å². The van der Waals surface area contributed by atoms with Crippen LogP contribution in [0.1, 0.15) is 29.3 Å². The van der Waals surface area contributed by atoms with E-state index in [1.54, 1.807) is 6.92 Å². The van der Waals surface area contributed by atoms with E-state index in [1.807, 2.05) is 6.92 Å². The third kappa shape index (κ3) is 2.70. The number of ether oxygens (including phenoxy) is 1. The number of nitrogens with two attached hydrogens (primary N) is 1. The lowest BCUT2D eigenvalue weighted by atomic mass is 9.99. The zero-order valence-electron chi connectivity index (χ0n) is 12.5. The third-order valence-corrected chi connectivity index (χ3v) is 3.57. The normalized spacial score (nSPS) is 12.7. The number of carbonyl (C=O) groups is 1. The summed E-state index contributed by atoms with van der Waals surface area (Å²) >= 11 is 0. The fourth-order valence-corrected chi connectivity index (χ4v) is 2.74. The maximum Gasteiger partial charge on any atom is 0.323 e. The second-order valence-electron chi connectivity index (χ2n) is 5.30. The van der Waals surface area contributed by atoms with Gasteiger partial charge in [-0.15, -0.1) is 0 Å². The number of fused-ring (bicyclic) bond motifs is 1. The summed E-state index contributed by atoms with van der Waals surface area (Å²) in [6.45, 7) is 8.32. The van der Waals surface area contributed by atoms with Crippen molar-refractivity contribution in [3.8, 4) is 0 Å². The van der Waals surface area contributed by atoms with Crippen LogP contribution in [0.3, 0.4) is 0 Å². The fourth-order valence-electron chi connectivity index (χ4n) is 2.74. The number of aromatic nitrogens is 1. The molecule has 2 aromatic rings. The molecule has 1 unspecified atom stereocenters. The Morgan fingerprint density at radius 1 is 1.35 bits per heavy atom. The quantitative estimate of drug-likeness (QED) is 0.842. The van der Waals surface area contributed by atoms with E-state index in [0.29, 0.717) is 13.0 Å². The van der Waals surface area contributed by atoms with Crippen LogP contribution in [0.4, 0.5) is 0 Å². The lowest BCUT2D eigenvalue weighted by Crippen LogP contribution is -2.34. The molecule has 4 nitrogen and oxygen atoms in total. The molecular weight excluding hydrogens is 252 g/mol. The van der Waals surface area contributed by atoms with Gasteiger partial charge in [0, 0.05) is 23.0 Å². The standard InChI is InChI=1S/C16H22N2O2/c1-5-20-16(19)13(17)8-12-11(4)18-14-7-9(2)6-10(3)15(12)14/h6-7,13,18H,5,8,17H2,1-4H3. The van der Waals surface area contributed by atoms with Gasteiger partial charge in [0.05, 0.1) is 6.61 Å². The molecule has 108 valence electrons. The average molecular weight is 274 g/mol. The van der Waals surface area contributed by atoms with Gasteiger partial charge in [0.25, 0.3) is 0 Å². The molecular formula is C16H22N2O2. The highest BCUT2D eigenvalue weighted by atomic mass is 16.5. The molecule has 1 aromatic heterocycles. The van der Waals surface area contributed by atoms with Crippen LogP contribution in [0.15, 0.2) is 12.1 Å². The predicted octanol–water partition coefficient (Wildman–Crippen LogP) is 2.53. The number of esters is 1. The number of aromatic amines is 1. The van der Waals surface area contributed by atoms with Crippen LogP contribution in [0.5, 0.6) is 0 Å². The van der Waals surface area contributed by atoms with Gasteiger partial charge in [-0.05, 0) is 50.5 Å². The molecule has 1 atom stereocenters. The van der Waals surface area contributed by atoms with E-state index in [9.17, 15) is 4.79 Å². The smallest absolute Gasteiger partial charge is 0.323 e. The number of hydrogen-bond donors (Lipinski definition) is 2. The first-order valence-corrected chi connectivity index (χ1v) is 6.94. The van der Waals surface area contributed by atoms with Crippen LogP contribution in [-0.2, 0) is 16.0 Å². The summed E-state index contributed by atoms with van der Waals surface area (Å²) < 4.78 is 4.98. The van der Waals surface area contributed by atoms with Gasteiger partial charge in [-0.25, -0.2) is 0 Å².